The van der Waals surface area contributed by atoms with Crippen molar-refractivity contribution in [2.24, 2.45) is 29.6 Å². The van der Waals surface area contributed by atoms with E-state index in [0.717, 1.165) is 22.4 Å². The summed E-state index contributed by atoms with van der Waals surface area (Å²) in [5, 5.41) is 0. The standard InChI is InChI=1S/C37H27N3O4/c41-33-29-26-20-27-25-18-10-11-19-28(25)38(21-22-12-4-1-5-13-22)37(27,31(29)35(43)39(33)23-14-6-2-7-15-23)32-30(26)34(42)40(36(32)44)24-16-8-3-9-17-24/h1-20,26,29-32H,21H2. The minimum atomic E-state index is -1.23. The Labute approximate surface area is 254 Å². The van der Waals surface area contributed by atoms with E-state index in [1.165, 1.54) is 9.80 Å². The predicted molar refractivity (Wildman–Crippen MR) is 165 cm³/mol. The highest BCUT2D eigenvalue weighted by Gasteiger charge is 2.79. The largest absolute Gasteiger partial charge is 0.355 e. The van der Waals surface area contributed by atoms with Crippen molar-refractivity contribution in [3.63, 3.8) is 0 Å². The van der Waals surface area contributed by atoms with Gasteiger partial charge in [-0.15, -0.1) is 0 Å². The van der Waals surface area contributed by atoms with Crippen LogP contribution >= 0.6 is 0 Å². The number of anilines is 3. The molecule has 4 atom stereocenters. The lowest BCUT2D eigenvalue weighted by molar-refractivity contribution is -0.138. The van der Waals surface area contributed by atoms with Crippen LogP contribution in [-0.4, -0.2) is 29.2 Å². The van der Waals surface area contributed by atoms with Crippen molar-refractivity contribution in [3.8, 4) is 0 Å². The molecule has 4 aromatic rings. The molecule has 4 unspecified atom stereocenters. The summed E-state index contributed by atoms with van der Waals surface area (Å²) >= 11 is 0. The normalized spacial score (nSPS) is 29.5. The van der Waals surface area contributed by atoms with Gasteiger partial charge in [-0.1, -0.05) is 91.0 Å². The van der Waals surface area contributed by atoms with E-state index in [4.69, 9.17) is 0 Å². The number of fused-ring (bicyclic) bond motifs is 1. The Morgan fingerprint density at radius 1 is 0.545 bits per heavy atom. The number of carbonyl (C=O) groups excluding carboxylic acids is 4. The highest BCUT2D eigenvalue weighted by atomic mass is 16.2. The predicted octanol–water partition coefficient (Wildman–Crippen LogP) is 5.08. The summed E-state index contributed by atoms with van der Waals surface area (Å²) in [4.78, 5) is 63.2. The first-order valence-electron chi connectivity index (χ1n) is 15.0. The van der Waals surface area contributed by atoms with Crippen LogP contribution in [0.2, 0.25) is 0 Å². The Kier molecular flexibility index (Phi) is 5.08. The third-order valence-electron chi connectivity index (χ3n) is 10.4. The lowest BCUT2D eigenvalue weighted by atomic mass is 9.47. The number of benzene rings is 4. The number of nitrogens with zero attached hydrogens (tertiary/aromatic N) is 3. The summed E-state index contributed by atoms with van der Waals surface area (Å²) < 4.78 is 0. The molecule has 44 heavy (non-hydrogen) atoms. The van der Waals surface area contributed by atoms with Crippen LogP contribution in [0.5, 0.6) is 0 Å². The third kappa shape index (κ3) is 2.96. The molecule has 3 heterocycles. The number of rotatable bonds is 4. The summed E-state index contributed by atoms with van der Waals surface area (Å²) in [5.74, 6) is -5.07. The fourth-order valence-corrected chi connectivity index (χ4v) is 8.94. The molecular formula is C37H27N3O4. The van der Waals surface area contributed by atoms with E-state index in [9.17, 15) is 19.2 Å². The molecule has 10 rings (SSSR count). The molecule has 2 saturated heterocycles. The molecule has 4 aromatic carbocycles. The molecular weight excluding hydrogens is 550 g/mol. The highest BCUT2D eigenvalue weighted by molar-refractivity contribution is 6.29. The zero-order chi connectivity index (χ0) is 29.7. The summed E-state index contributed by atoms with van der Waals surface area (Å²) in [6.07, 6.45) is 2.06. The van der Waals surface area contributed by atoms with Crippen LogP contribution < -0.4 is 14.7 Å². The van der Waals surface area contributed by atoms with Crippen LogP contribution in [0.15, 0.2) is 121 Å². The number of amides is 4. The van der Waals surface area contributed by atoms with Gasteiger partial charge in [-0.3, -0.25) is 19.2 Å². The van der Waals surface area contributed by atoms with Gasteiger partial charge in [0.15, 0.2) is 0 Å². The van der Waals surface area contributed by atoms with Crippen LogP contribution in [0.4, 0.5) is 17.1 Å². The second kappa shape index (κ2) is 8.86. The van der Waals surface area contributed by atoms with Crippen molar-refractivity contribution in [3.05, 3.63) is 132 Å². The van der Waals surface area contributed by atoms with Crippen LogP contribution in [-0.2, 0) is 25.7 Å². The van der Waals surface area contributed by atoms with Crippen molar-refractivity contribution in [1.82, 2.24) is 0 Å². The van der Waals surface area contributed by atoms with Gasteiger partial charge in [-0.25, -0.2) is 9.80 Å². The number of allylic oxidation sites excluding steroid dienone is 1. The minimum Gasteiger partial charge on any atom is -0.355 e. The van der Waals surface area contributed by atoms with Crippen molar-refractivity contribution in [2.75, 3.05) is 14.7 Å². The average molecular weight is 578 g/mol. The van der Waals surface area contributed by atoms with E-state index in [1.807, 2.05) is 66.7 Å². The summed E-state index contributed by atoms with van der Waals surface area (Å²) in [5.41, 5.74) is 3.52. The number of imide groups is 2. The van der Waals surface area contributed by atoms with Crippen LogP contribution in [0.3, 0.4) is 0 Å². The molecule has 1 spiro atoms. The zero-order valence-electron chi connectivity index (χ0n) is 23.6. The highest BCUT2D eigenvalue weighted by Crippen LogP contribution is 2.70. The fourth-order valence-electron chi connectivity index (χ4n) is 8.94. The number of carbonyl (C=O) groups is 4. The van der Waals surface area contributed by atoms with Gasteiger partial charge in [-0.05, 0) is 41.5 Å². The first-order valence-corrected chi connectivity index (χ1v) is 15.0. The first kappa shape index (κ1) is 25.2. The van der Waals surface area contributed by atoms with E-state index in [1.54, 1.807) is 48.5 Å². The monoisotopic (exact) mass is 577 g/mol. The van der Waals surface area contributed by atoms with Gasteiger partial charge in [-0.2, -0.15) is 0 Å². The van der Waals surface area contributed by atoms with Gasteiger partial charge in [0.25, 0.3) is 0 Å². The van der Waals surface area contributed by atoms with Crippen molar-refractivity contribution < 1.29 is 19.2 Å². The van der Waals surface area contributed by atoms with E-state index in [0.29, 0.717) is 17.9 Å². The fraction of sp³-hybridized carbons (Fsp3) is 0.189. The van der Waals surface area contributed by atoms with Crippen LogP contribution in [0.1, 0.15) is 11.1 Å². The summed E-state index contributed by atoms with van der Waals surface area (Å²) in [6, 6.07) is 35.9. The lowest BCUT2D eigenvalue weighted by Gasteiger charge is -2.58. The number of hydrogen-bond acceptors (Lipinski definition) is 5. The van der Waals surface area contributed by atoms with E-state index in [-0.39, 0.29) is 23.6 Å². The van der Waals surface area contributed by atoms with Crippen LogP contribution in [0.25, 0.3) is 5.57 Å². The Bertz CT molecular complexity index is 1840. The van der Waals surface area contributed by atoms with E-state index >= 15 is 0 Å². The second-order valence-corrected chi connectivity index (χ2v) is 12.3. The van der Waals surface area contributed by atoms with Gasteiger partial charge >= 0.3 is 0 Å². The van der Waals surface area contributed by atoms with Gasteiger partial charge < -0.3 is 4.90 Å². The molecule has 3 fully saturated rings. The topological polar surface area (TPSA) is 78.0 Å². The Morgan fingerprint density at radius 3 is 1.57 bits per heavy atom. The van der Waals surface area contributed by atoms with Gasteiger partial charge in [0.1, 0.15) is 0 Å². The summed E-state index contributed by atoms with van der Waals surface area (Å²) in [6.45, 7) is 0.409. The van der Waals surface area contributed by atoms with Gasteiger partial charge in [0, 0.05) is 23.7 Å². The van der Waals surface area contributed by atoms with Crippen molar-refractivity contribution in [1.29, 1.82) is 0 Å². The molecule has 214 valence electrons. The molecule has 6 aliphatic rings. The first-order chi connectivity index (χ1) is 21.5. The molecule has 3 aliphatic heterocycles. The average Bonchev–Trinajstić information content (AvgIpc) is 3.62. The molecule has 7 nitrogen and oxygen atoms in total. The van der Waals surface area contributed by atoms with Gasteiger partial charge in [0.2, 0.25) is 23.6 Å². The Morgan fingerprint density at radius 2 is 1.02 bits per heavy atom. The van der Waals surface area contributed by atoms with Gasteiger partial charge in [0.05, 0.1) is 40.6 Å². The molecule has 0 aromatic heterocycles. The number of para-hydroxylation sites is 3. The molecule has 4 amide bonds. The smallest absolute Gasteiger partial charge is 0.240 e. The SMILES string of the molecule is O=C1C2C3C=C4c5ccccc5N(Cc5ccccc5)C4(C2C(=O)N1c1ccccc1)C1C(=O)N(c2ccccc2)C(=O)C31. The van der Waals surface area contributed by atoms with Crippen molar-refractivity contribution in [2.45, 2.75) is 12.1 Å². The Hall–Kier alpha value is -5.30. The lowest BCUT2D eigenvalue weighted by Crippen LogP contribution is -2.69. The van der Waals surface area contributed by atoms with E-state index in [2.05, 4.69) is 11.0 Å². The quantitative estimate of drug-likeness (QED) is 0.316. The molecule has 7 heteroatoms. The zero-order valence-corrected chi connectivity index (χ0v) is 23.6. The molecule has 0 N–H and O–H groups in total. The van der Waals surface area contributed by atoms with Crippen LogP contribution in [0, 0.1) is 29.6 Å². The third-order valence-corrected chi connectivity index (χ3v) is 10.4. The van der Waals surface area contributed by atoms with E-state index < -0.39 is 35.1 Å². The maximum absolute atomic E-state index is 14.8. The maximum atomic E-state index is 14.8. The second-order valence-electron chi connectivity index (χ2n) is 12.3. The van der Waals surface area contributed by atoms with Crippen molar-refractivity contribution >= 4 is 46.3 Å². The molecule has 0 radical (unpaired) electrons. The summed E-state index contributed by atoms with van der Waals surface area (Å²) in [7, 11) is 0. The molecule has 1 saturated carbocycles. The minimum absolute atomic E-state index is 0.307. The molecule has 2 bridgehead atoms. The number of hydrogen-bond donors (Lipinski definition) is 0. The molecule has 3 aliphatic carbocycles. The Balaban J connectivity index is 1.31. The maximum Gasteiger partial charge on any atom is 0.240 e.